The summed E-state index contributed by atoms with van der Waals surface area (Å²) in [7, 11) is 0. The highest BCUT2D eigenvalue weighted by Crippen LogP contribution is 2.12. The molecule has 16 nitrogen and oxygen atoms in total. The maximum Gasteiger partial charge on any atom is 0.326 e. The fraction of sp³-hybridized carbons (Fsp3) is 0.409. The summed E-state index contributed by atoms with van der Waals surface area (Å²) < 4.78 is 0. The SMILES string of the molecule is NC(=O)CCC(NC(=O)C(N)CC(N)=O)C(=O)NC(CC(=O)O)C(=O)NC(Cc1ccc(O)cc1)C(=O)O. The van der Waals surface area contributed by atoms with Gasteiger partial charge in [0.05, 0.1) is 18.9 Å². The zero-order valence-electron chi connectivity index (χ0n) is 20.1. The topological polar surface area (TPSA) is 294 Å². The number of carboxylic acid groups (broad SMARTS) is 2. The highest BCUT2D eigenvalue weighted by Gasteiger charge is 2.32. The zero-order valence-corrected chi connectivity index (χ0v) is 20.1. The van der Waals surface area contributed by atoms with Crippen molar-refractivity contribution in [1.29, 1.82) is 0 Å². The first-order valence-electron chi connectivity index (χ1n) is 11.1. The Balaban J connectivity index is 3.05. The van der Waals surface area contributed by atoms with E-state index in [2.05, 4.69) is 16.0 Å². The van der Waals surface area contributed by atoms with Crippen molar-refractivity contribution in [2.45, 2.75) is 56.3 Å². The zero-order chi connectivity index (χ0) is 29.0. The number of rotatable bonds is 16. The molecule has 0 bridgehead atoms. The largest absolute Gasteiger partial charge is 0.508 e. The highest BCUT2D eigenvalue weighted by molar-refractivity contribution is 5.96. The van der Waals surface area contributed by atoms with Crippen LogP contribution in [-0.4, -0.2) is 81.0 Å². The number of carbonyl (C=O) groups excluding carboxylic acids is 5. The summed E-state index contributed by atoms with van der Waals surface area (Å²) in [6.07, 6.45) is -2.51. The van der Waals surface area contributed by atoms with E-state index in [1.54, 1.807) is 0 Å². The molecule has 1 aromatic rings. The van der Waals surface area contributed by atoms with Crippen molar-refractivity contribution in [2.75, 3.05) is 0 Å². The van der Waals surface area contributed by atoms with Crippen LogP contribution in [0.4, 0.5) is 0 Å². The lowest BCUT2D eigenvalue weighted by atomic mass is 10.0. The molecule has 208 valence electrons. The van der Waals surface area contributed by atoms with Gasteiger partial charge in [-0.15, -0.1) is 0 Å². The molecule has 5 amide bonds. The van der Waals surface area contributed by atoms with Crippen LogP contribution < -0.4 is 33.2 Å². The maximum absolute atomic E-state index is 12.9. The molecule has 0 radical (unpaired) electrons. The first-order valence-corrected chi connectivity index (χ1v) is 11.1. The van der Waals surface area contributed by atoms with Crippen LogP contribution in [0.5, 0.6) is 5.75 Å². The van der Waals surface area contributed by atoms with Crippen LogP contribution in [0.25, 0.3) is 0 Å². The van der Waals surface area contributed by atoms with Gasteiger partial charge in [-0.2, -0.15) is 0 Å². The molecule has 0 heterocycles. The number of aliphatic carboxylic acids is 2. The van der Waals surface area contributed by atoms with Crippen molar-refractivity contribution in [3.05, 3.63) is 29.8 Å². The number of amides is 5. The third-order valence-electron chi connectivity index (χ3n) is 5.07. The number of nitrogens with one attached hydrogen (secondary N) is 3. The van der Waals surface area contributed by atoms with Crippen molar-refractivity contribution in [3.63, 3.8) is 0 Å². The summed E-state index contributed by atoms with van der Waals surface area (Å²) in [6, 6.07) is -0.827. The molecule has 0 saturated carbocycles. The smallest absolute Gasteiger partial charge is 0.326 e. The van der Waals surface area contributed by atoms with Gasteiger partial charge in [0.25, 0.3) is 0 Å². The summed E-state index contributed by atoms with van der Waals surface area (Å²) in [4.78, 5) is 83.1. The standard InChI is InChI=1S/C22H30N6O10/c23-12(8-17(25)31)19(34)26-13(5-6-16(24)30)20(35)27-14(9-18(32)33)21(36)28-15(22(37)38)7-10-1-3-11(29)4-2-10/h1-4,12-15,29H,5-9,23H2,(H2,24,30)(H2,25,31)(H,26,34)(H,27,35)(H,28,36)(H,32,33)(H,37,38). The molecule has 0 fully saturated rings. The Kier molecular flexibility index (Phi) is 12.1. The molecule has 38 heavy (non-hydrogen) atoms. The minimum Gasteiger partial charge on any atom is -0.508 e. The first-order chi connectivity index (χ1) is 17.7. The normalized spacial score (nSPS) is 13.7. The molecule has 16 heteroatoms. The van der Waals surface area contributed by atoms with Crippen molar-refractivity contribution in [1.82, 2.24) is 16.0 Å². The van der Waals surface area contributed by atoms with Crippen molar-refractivity contribution in [3.8, 4) is 5.75 Å². The van der Waals surface area contributed by atoms with E-state index >= 15 is 0 Å². The van der Waals surface area contributed by atoms with E-state index in [1.165, 1.54) is 24.3 Å². The van der Waals surface area contributed by atoms with Crippen LogP contribution in [0.1, 0.15) is 31.2 Å². The Hall–Kier alpha value is -4.73. The molecule has 0 spiro atoms. The van der Waals surface area contributed by atoms with Gasteiger partial charge in [0, 0.05) is 12.8 Å². The van der Waals surface area contributed by atoms with Crippen LogP contribution in [0.2, 0.25) is 0 Å². The molecule has 0 aliphatic rings. The number of phenols is 1. The Morgan fingerprint density at radius 3 is 1.76 bits per heavy atom. The molecule has 0 aromatic heterocycles. The van der Waals surface area contributed by atoms with E-state index in [0.717, 1.165) is 0 Å². The van der Waals surface area contributed by atoms with Gasteiger partial charge in [-0.3, -0.25) is 28.8 Å². The quantitative estimate of drug-likeness (QED) is 0.0990. The van der Waals surface area contributed by atoms with Crippen LogP contribution in [0.3, 0.4) is 0 Å². The highest BCUT2D eigenvalue weighted by atomic mass is 16.4. The van der Waals surface area contributed by atoms with Crippen LogP contribution in [0, 0.1) is 0 Å². The monoisotopic (exact) mass is 538 g/mol. The minimum absolute atomic E-state index is 0.0672. The van der Waals surface area contributed by atoms with Gasteiger partial charge >= 0.3 is 11.9 Å². The summed E-state index contributed by atoms with van der Waals surface area (Å²) >= 11 is 0. The molecule has 4 unspecified atom stereocenters. The Labute approximate surface area is 215 Å². The summed E-state index contributed by atoms with van der Waals surface area (Å²) in [6.45, 7) is 0. The van der Waals surface area contributed by atoms with Crippen molar-refractivity contribution in [2.24, 2.45) is 17.2 Å². The summed E-state index contributed by atoms with van der Waals surface area (Å²) in [5.41, 5.74) is 16.0. The lowest BCUT2D eigenvalue weighted by Crippen LogP contribution is -2.58. The van der Waals surface area contributed by atoms with Crippen molar-refractivity contribution < 1.29 is 48.9 Å². The average molecular weight is 539 g/mol. The van der Waals surface area contributed by atoms with Crippen LogP contribution >= 0.6 is 0 Å². The molecule has 0 saturated heterocycles. The number of phenolic OH excluding ortho intramolecular Hbond substituents is 1. The minimum atomic E-state index is -1.78. The van der Waals surface area contributed by atoms with Crippen LogP contribution in [0.15, 0.2) is 24.3 Å². The Morgan fingerprint density at radius 1 is 0.737 bits per heavy atom. The van der Waals surface area contributed by atoms with Crippen molar-refractivity contribution >= 4 is 41.5 Å². The number of hydrogen-bond donors (Lipinski definition) is 9. The summed E-state index contributed by atoms with van der Waals surface area (Å²) in [5.74, 6) is -8.02. The molecule has 0 aliphatic heterocycles. The van der Waals surface area contributed by atoms with E-state index in [-0.39, 0.29) is 18.6 Å². The third kappa shape index (κ3) is 11.3. The van der Waals surface area contributed by atoms with E-state index in [9.17, 15) is 48.9 Å². The van der Waals surface area contributed by atoms with E-state index in [0.29, 0.717) is 5.56 Å². The Bertz CT molecular complexity index is 1060. The molecule has 0 aliphatic carbocycles. The number of benzene rings is 1. The van der Waals surface area contributed by atoms with Gasteiger partial charge in [0.15, 0.2) is 0 Å². The van der Waals surface area contributed by atoms with E-state index < -0.39 is 84.9 Å². The number of carboxylic acids is 2. The number of nitrogens with two attached hydrogens (primary N) is 3. The first kappa shape index (κ1) is 31.3. The van der Waals surface area contributed by atoms with Gasteiger partial charge in [0.1, 0.15) is 23.9 Å². The second-order valence-electron chi connectivity index (χ2n) is 8.27. The predicted molar refractivity (Wildman–Crippen MR) is 128 cm³/mol. The maximum atomic E-state index is 12.9. The lowest BCUT2D eigenvalue weighted by Gasteiger charge is -2.24. The van der Waals surface area contributed by atoms with Gasteiger partial charge in [-0.25, -0.2) is 4.79 Å². The number of primary amides is 2. The second-order valence-corrected chi connectivity index (χ2v) is 8.27. The lowest BCUT2D eigenvalue weighted by molar-refractivity contribution is -0.143. The van der Waals surface area contributed by atoms with E-state index in [4.69, 9.17) is 17.2 Å². The molecule has 1 aromatic carbocycles. The fourth-order valence-electron chi connectivity index (χ4n) is 3.14. The van der Waals surface area contributed by atoms with Gasteiger partial charge in [0.2, 0.25) is 29.5 Å². The Morgan fingerprint density at radius 2 is 1.26 bits per heavy atom. The molecule has 4 atom stereocenters. The fourth-order valence-corrected chi connectivity index (χ4v) is 3.14. The average Bonchev–Trinajstić information content (AvgIpc) is 2.80. The molecule has 12 N–H and O–H groups in total. The number of carbonyl (C=O) groups is 7. The predicted octanol–water partition coefficient (Wildman–Crippen LogP) is -3.58. The number of hydrogen-bond acceptors (Lipinski definition) is 9. The van der Waals surface area contributed by atoms with Gasteiger partial charge < -0.3 is 48.5 Å². The third-order valence-corrected chi connectivity index (χ3v) is 5.07. The van der Waals surface area contributed by atoms with Gasteiger partial charge in [-0.1, -0.05) is 12.1 Å². The van der Waals surface area contributed by atoms with E-state index in [1.807, 2.05) is 0 Å². The molecular formula is C22H30N6O10. The summed E-state index contributed by atoms with van der Waals surface area (Å²) in [5, 5.41) is 34.5. The molecule has 1 rings (SSSR count). The van der Waals surface area contributed by atoms with Crippen LogP contribution in [-0.2, 0) is 40.0 Å². The number of aromatic hydroxyl groups is 1. The molecular weight excluding hydrogens is 508 g/mol. The van der Waals surface area contributed by atoms with Gasteiger partial charge in [-0.05, 0) is 24.1 Å². The second kappa shape index (κ2) is 14.7.